The highest BCUT2D eigenvalue weighted by atomic mass is 35.5. The average Bonchev–Trinajstić information content (AvgIpc) is 2.54. The molecule has 0 aliphatic rings. The number of hydrogen-bond donors (Lipinski definition) is 0. The molecule has 0 radical (unpaired) electrons. The molecule has 0 N–H and O–H groups in total. The first kappa shape index (κ1) is 22.4. The second kappa shape index (κ2) is 10.1. The summed E-state index contributed by atoms with van der Waals surface area (Å²) in [5.74, 6) is -1.21. The van der Waals surface area contributed by atoms with Crippen LogP contribution in [0.4, 0.5) is 0 Å². The summed E-state index contributed by atoms with van der Waals surface area (Å²) in [6.07, 6.45) is 0.0439. The highest BCUT2D eigenvalue weighted by Gasteiger charge is 2.16. The van der Waals surface area contributed by atoms with Crippen molar-refractivity contribution < 1.29 is 19.1 Å². The van der Waals surface area contributed by atoms with Crippen LogP contribution in [0.2, 0.25) is 30.1 Å². The molecule has 0 saturated heterocycles. The molecule has 10 heteroatoms. The number of rotatable bonds is 6. The minimum Gasteiger partial charge on any atom is -0.423 e. The first-order valence-corrected chi connectivity index (χ1v) is 9.64. The summed E-state index contributed by atoms with van der Waals surface area (Å²) in [6.45, 7) is 0. The van der Waals surface area contributed by atoms with Crippen LogP contribution in [-0.2, 0) is 9.59 Å². The van der Waals surface area contributed by atoms with E-state index in [4.69, 9.17) is 79.1 Å². The van der Waals surface area contributed by atoms with Crippen molar-refractivity contribution >= 4 is 81.5 Å². The molecule has 0 atom stereocenters. The van der Waals surface area contributed by atoms with Gasteiger partial charge in [-0.05, 0) is 30.7 Å². The van der Waals surface area contributed by atoms with E-state index >= 15 is 0 Å². The molecule has 2 aromatic rings. The topological polar surface area (TPSA) is 52.6 Å². The van der Waals surface area contributed by atoms with Gasteiger partial charge < -0.3 is 9.47 Å². The Morgan fingerprint density at radius 1 is 0.630 bits per heavy atom. The highest BCUT2D eigenvalue weighted by Crippen LogP contribution is 2.37. The fraction of sp³-hybridized carbons (Fsp3) is 0.176. The van der Waals surface area contributed by atoms with Gasteiger partial charge in [-0.15, -0.1) is 0 Å². The number of benzene rings is 2. The molecule has 27 heavy (non-hydrogen) atoms. The molecule has 0 spiro atoms. The number of ether oxygens (including phenoxy) is 2. The van der Waals surface area contributed by atoms with Crippen LogP contribution in [0.3, 0.4) is 0 Å². The van der Waals surface area contributed by atoms with Gasteiger partial charge >= 0.3 is 11.9 Å². The second-order valence-electron chi connectivity index (χ2n) is 5.20. The minimum absolute atomic E-state index is 0.00929. The molecule has 0 saturated carbocycles. The Morgan fingerprint density at radius 2 is 0.926 bits per heavy atom. The lowest BCUT2D eigenvalue weighted by Gasteiger charge is -2.10. The third-order valence-electron chi connectivity index (χ3n) is 3.12. The van der Waals surface area contributed by atoms with E-state index in [1.807, 2.05) is 0 Å². The van der Waals surface area contributed by atoms with Crippen LogP contribution in [0.5, 0.6) is 11.5 Å². The molecule has 0 unspecified atom stereocenters. The zero-order valence-corrected chi connectivity index (χ0v) is 17.9. The van der Waals surface area contributed by atoms with Gasteiger partial charge in [-0.2, -0.15) is 0 Å². The minimum atomic E-state index is -0.614. The van der Waals surface area contributed by atoms with Gasteiger partial charge in [0.2, 0.25) is 0 Å². The van der Waals surface area contributed by atoms with Gasteiger partial charge in [0.05, 0.1) is 20.1 Å². The van der Waals surface area contributed by atoms with E-state index in [-0.39, 0.29) is 50.9 Å². The maximum atomic E-state index is 11.9. The van der Waals surface area contributed by atoms with Gasteiger partial charge in [0.25, 0.3) is 0 Å². The molecular weight excluding hydrogens is 481 g/mol. The number of esters is 2. The maximum Gasteiger partial charge on any atom is 0.311 e. The lowest BCUT2D eigenvalue weighted by atomic mass is 10.2. The first-order chi connectivity index (χ1) is 12.7. The lowest BCUT2D eigenvalue weighted by Crippen LogP contribution is -2.12. The summed E-state index contributed by atoms with van der Waals surface area (Å²) in [7, 11) is 0. The Balaban J connectivity index is 1.86. The molecule has 144 valence electrons. The number of halogens is 6. The van der Waals surface area contributed by atoms with Crippen LogP contribution in [0.25, 0.3) is 0 Å². The molecular formula is C17H10Cl6O4. The Morgan fingerprint density at radius 3 is 1.22 bits per heavy atom. The van der Waals surface area contributed by atoms with Crippen molar-refractivity contribution in [2.24, 2.45) is 0 Å². The van der Waals surface area contributed by atoms with Crippen molar-refractivity contribution in [3.63, 3.8) is 0 Å². The zero-order valence-electron chi connectivity index (χ0n) is 13.3. The normalized spacial score (nSPS) is 10.6. The van der Waals surface area contributed by atoms with Crippen molar-refractivity contribution in [3.05, 3.63) is 54.4 Å². The Labute approximate surface area is 185 Å². The van der Waals surface area contributed by atoms with Gasteiger partial charge in [-0.3, -0.25) is 9.59 Å². The molecule has 4 nitrogen and oxygen atoms in total. The van der Waals surface area contributed by atoms with Gasteiger partial charge in [0, 0.05) is 22.9 Å². The van der Waals surface area contributed by atoms with E-state index in [0.717, 1.165) is 0 Å². The number of carbonyl (C=O) groups is 2. The van der Waals surface area contributed by atoms with Crippen LogP contribution in [-0.4, -0.2) is 11.9 Å². The molecule has 2 rings (SSSR count). The third kappa shape index (κ3) is 6.60. The number of carbonyl (C=O) groups excluding carboxylic acids is 2. The van der Waals surface area contributed by atoms with E-state index in [9.17, 15) is 9.59 Å². The smallest absolute Gasteiger partial charge is 0.311 e. The second-order valence-corrected chi connectivity index (χ2v) is 7.70. The van der Waals surface area contributed by atoms with Crippen molar-refractivity contribution in [2.75, 3.05) is 0 Å². The van der Waals surface area contributed by atoms with Crippen molar-refractivity contribution in [3.8, 4) is 11.5 Å². The Hall–Kier alpha value is -0.880. The summed E-state index contributed by atoms with van der Waals surface area (Å²) in [5.41, 5.74) is 0. The van der Waals surface area contributed by atoms with Crippen LogP contribution < -0.4 is 9.47 Å². The molecule has 0 bridgehead atoms. The summed E-state index contributed by atoms with van der Waals surface area (Å²) in [6, 6.07) is 5.59. The molecule has 0 heterocycles. The van der Waals surface area contributed by atoms with Crippen molar-refractivity contribution in [2.45, 2.75) is 19.3 Å². The van der Waals surface area contributed by atoms with Gasteiger partial charge in [0.1, 0.15) is 0 Å². The van der Waals surface area contributed by atoms with Crippen molar-refractivity contribution in [1.82, 2.24) is 0 Å². The van der Waals surface area contributed by atoms with E-state index < -0.39 is 11.9 Å². The average molecular weight is 491 g/mol. The van der Waals surface area contributed by atoms with Crippen molar-refractivity contribution in [1.29, 1.82) is 0 Å². The molecule has 0 aliphatic carbocycles. The van der Waals surface area contributed by atoms with Crippen LogP contribution >= 0.6 is 69.6 Å². The van der Waals surface area contributed by atoms with Crippen LogP contribution in [0, 0.1) is 0 Å². The molecule has 0 aromatic heterocycles. The predicted molar refractivity (Wildman–Crippen MR) is 108 cm³/mol. The summed E-state index contributed by atoms with van der Waals surface area (Å²) in [4.78, 5) is 23.8. The van der Waals surface area contributed by atoms with Crippen LogP contribution in [0.15, 0.2) is 24.3 Å². The molecule has 0 fully saturated rings. The SMILES string of the molecule is O=C(CCCC(=O)Oc1c(Cl)cc(Cl)cc1Cl)Oc1c(Cl)cc(Cl)cc1Cl. The van der Waals surface area contributed by atoms with E-state index in [0.29, 0.717) is 10.0 Å². The van der Waals surface area contributed by atoms with E-state index in [2.05, 4.69) is 0 Å². The monoisotopic (exact) mass is 488 g/mol. The summed E-state index contributed by atoms with van der Waals surface area (Å²) in [5, 5.41) is 1.04. The third-order valence-corrected chi connectivity index (χ3v) is 4.68. The van der Waals surface area contributed by atoms with E-state index in [1.165, 1.54) is 24.3 Å². The van der Waals surface area contributed by atoms with Crippen LogP contribution in [0.1, 0.15) is 19.3 Å². The Bertz CT molecular complexity index is 766. The van der Waals surface area contributed by atoms with Gasteiger partial charge in [-0.1, -0.05) is 69.6 Å². The zero-order chi connectivity index (χ0) is 20.1. The predicted octanol–water partition coefficient (Wildman–Crippen LogP) is 7.29. The first-order valence-electron chi connectivity index (χ1n) is 7.38. The molecule has 0 amide bonds. The standard InChI is InChI=1S/C17H10Cl6O4/c18-8-4-10(20)16(11(21)5-8)26-14(24)2-1-3-15(25)27-17-12(22)6-9(19)7-13(17)23/h4-7H,1-3H2. The highest BCUT2D eigenvalue weighted by molar-refractivity contribution is 6.41. The summed E-state index contributed by atoms with van der Waals surface area (Å²) >= 11 is 35.3. The largest absolute Gasteiger partial charge is 0.423 e. The van der Waals surface area contributed by atoms with E-state index in [1.54, 1.807) is 0 Å². The quantitative estimate of drug-likeness (QED) is 0.315. The fourth-order valence-corrected chi connectivity index (χ4v) is 3.75. The van der Waals surface area contributed by atoms with Gasteiger partial charge in [0.15, 0.2) is 11.5 Å². The Kier molecular flexibility index (Phi) is 8.35. The number of hydrogen-bond acceptors (Lipinski definition) is 4. The lowest BCUT2D eigenvalue weighted by molar-refractivity contribution is -0.136. The van der Waals surface area contributed by atoms with Gasteiger partial charge in [-0.25, -0.2) is 0 Å². The molecule has 2 aromatic carbocycles. The summed E-state index contributed by atoms with van der Waals surface area (Å²) < 4.78 is 10.2. The fourth-order valence-electron chi connectivity index (χ4n) is 1.96. The maximum absolute atomic E-state index is 11.9. The molecule has 0 aliphatic heterocycles.